The molecule has 8 heteroatoms. The van der Waals surface area contributed by atoms with Crippen LogP contribution in [-0.4, -0.2) is 41.9 Å². The predicted octanol–water partition coefficient (Wildman–Crippen LogP) is 3.39. The molecule has 2 aromatic heterocycles. The van der Waals surface area contributed by atoms with Crippen molar-refractivity contribution in [3.8, 4) is 0 Å². The molecule has 1 fully saturated rings. The molecule has 4 rings (SSSR count). The van der Waals surface area contributed by atoms with Gasteiger partial charge in [-0.25, -0.2) is 4.79 Å². The van der Waals surface area contributed by atoms with Crippen LogP contribution in [0, 0.1) is 5.92 Å². The summed E-state index contributed by atoms with van der Waals surface area (Å²) in [7, 11) is 0. The van der Waals surface area contributed by atoms with E-state index in [1.807, 2.05) is 24.3 Å². The Morgan fingerprint density at radius 1 is 1.21 bits per heavy atom. The molecule has 0 radical (unpaired) electrons. The monoisotopic (exact) mass is 416 g/mol. The summed E-state index contributed by atoms with van der Waals surface area (Å²) in [6, 6.07) is 9.90. The molecule has 3 heterocycles. The number of carbonyl (C=O) groups is 3. The summed E-state index contributed by atoms with van der Waals surface area (Å²) in [6.45, 7) is 2.40. The number of hydrogen-bond acceptors (Lipinski definition) is 6. The van der Waals surface area contributed by atoms with Crippen LogP contribution in [0.15, 0.2) is 30.3 Å². The highest BCUT2D eigenvalue weighted by atomic mass is 32.1. The molecule has 1 aromatic carbocycles. The highest BCUT2D eigenvalue weighted by Gasteiger charge is 2.31. The average Bonchev–Trinajstić information content (AvgIpc) is 3.25. The quantitative estimate of drug-likeness (QED) is 0.660. The highest BCUT2D eigenvalue weighted by molar-refractivity contribution is 7.33. The molecule has 2 N–H and O–H groups in total. The van der Waals surface area contributed by atoms with Gasteiger partial charge in [-0.3, -0.25) is 9.59 Å². The molecule has 0 spiro atoms. The minimum atomic E-state index is -0.906. The molecular weight excluding hydrogens is 396 g/mol. The second kappa shape index (κ2) is 7.52. The van der Waals surface area contributed by atoms with Crippen molar-refractivity contribution in [1.82, 2.24) is 4.90 Å². The number of likely N-dealkylation sites (tertiary alicyclic amines) is 1. The molecule has 2 amide bonds. The maximum atomic E-state index is 12.6. The number of hydrogen-bond donors (Lipinski definition) is 1. The fourth-order valence-corrected chi connectivity index (χ4v) is 5.94. The van der Waals surface area contributed by atoms with E-state index in [4.69, 9.17) is 10.5 Å². The lowest BCUT2D eigenvalue weighted by Gasteiger charge is -2.32. The minimum Gasteiger partial charge on any atom is -0.448 e. The van der Waals surface area contributed by atoms with Crippen molar-refractivity contribution in [2.24, 2.45) is 11.7 Å². The molecule has 0 aliphatic carbocycles. The third-order valence-electron chi connectivity index (χ3n) is 5.02. The lowest BCUT2D eigenvalue weighted by molar-refractivity contribution is -0.142. The maximum absolute atomic E-state index is 12.6. The molecule has 2 atom stereocenters. The van der Waals surface area contributed by atoms with E-state index < -0.39 is 18.0 Å². The van der Waals surface area contributed by atoms with Gasteiger partial charge in [-0.2, -0.15) is 0 Å². The first-order chi connectivity index (χ1) is 13.4. The molecule has 28 heavy (non-hydrogen) atoms. The van der Waals surface area contributed by atoms with Gasteiger partial charge >= 0.3 is 5.97 Å². The van der Waals surface area contributed by atoms with Gasteiger partial charge in [0, 0.05) is 27.9 Å². The van der Waals surface area contributed by atoms with E-state index in [1.165, 1.54) is 16.0 Å². The largest absolute Gasteiger partial charge is 0.448 e. The molecule has 1 aliphatic rings. The van der Waals surface area contributed by atoms with E-state index in [0.717, 1.165) is 14.8 Å². The number of piperidine rings is 1. The van der Waals surface area contributed by atoms with Crippen LogP contribution in [-0.2, 0) is 14.3 Å². The van der Waals surface area contributed by atoms with Crippen molar-refractivity contribution in [1.29, 1.82) is 0 Å². The summed E-state index contributed by atoms with van der Waals surface area (Å²) in [5, 5.41) is 1.13. The number of nitrogens with two attached hydrogens (primary N) is 1. The van der Waals surface area contributed by atoms with Crippen LogP contribution < -0.4 is 5.73 Å². The van der Waals surface area contributed by atoms with Crippen LogP contribution in [0.5, 0.6) is 0 Å². The topological polar surface area (TPSA) is 89.7 Å². The van der Waals surface area contributed by atoms with E-state index in [2.05, 4.69) is 6.07 Å². The van der Waals surface area contributed by atoms with Crippen molar-refractivity contribution in [2.45, 2.75) is 25.9 Å². The number of benzene rings is 1. The van der Waals surface area contributed by atoms with Crippen molar-refractivity contribution >= 4 is 59.9 Å². The Morgan fingerprint density at radius 3 is 2.79 bits per heavy atom. The highest BCUT2D eigenvalue weighted by Crippen LogP contribution is 2.39. The summed E-state index contributed by atoms with van der Waals surface area (Å²) in [4.78, 5) is 38.7. The van der Waals surface area contributed by atoms with Crippen LogP contribution in [0.4, 0.5) is 0 Å². The smallest absolute Gasteiger partial charge is 0.349 e. The van der Waals surface area contributed by atoms with Crippen LogP contribution >= 0.6 is 22.7 Å². The van der Waals surface area contributed by atoms with Gasteiger partial charge in [-0.05, 0) is 31.9 Å². The first-order valence-electron chi connectivity index (χ1n) is 9.14. The Kier molecular flexibility index (Phi) is 5.07. The van der Waals surface area contributed by atoms with Gasteiger partial charge in [-0.1, -0.05) is 18.2 Å². The summed E-state index contributed by atoms with van der Waals surface area (Å²) in [6.07, 6.45) is 0.498. The molecule has 0 bridgehead atoms. The molecule has 146 valence electrons. The van der Waals surface area contributed by atoms with Crippen molar-refractivity contribution < 1.29 is 19.1 Å². The number of thiophene rings is 2. The third-order valence-corrected chi connectivity index (χ3v) is 7.41. The summed E-state index contributed by atoms with van der Waals surface area (Å²) in [5.74, 6) is -1.52. The number of amides is 2. The second-order valence-electron chi connectivity index (χ2n) is 6.98. The van der Waals surface area contributed by atoms with E-state index >= 15 is 0 Å². The maximum Gasteiger partial charge on any atom is 0.349 e. The van der Waals surface area contributed by atoms with E-state index in [-0.39, 0.29) is 18.4 Å². The zero-order chi connectivity index (χ0) is 19.8. The van der Waals surface area contributed by atoms with Gasteiger partial charge in [0.15, 0.2) is 6.10 Å². The number of fused-ring (bicyclic) bond motifs is 3. The van der Waals surface area contributed by atoms with Crippen LogP contribution in [0.25, 0.3) is 19.5 Å². The van der Waals surface area contributed by atoms with Gasteiger partial charge in [0.1, 0.15) is 4.88 Å². The number of primary amides is 1. The lowest BCUT2D eigenvalue weighted by atomic mass is 9.97. The molecule has 0 unspecified atom stereocenters. The number of ether oxygens (including phenoxy) is 1. The average molecular weight is 417 g/mol. The van der Waals surface area contributed by atoms with Crippen molar-refractivity contribution in [3.05, 3.63) is 35.2 Å². The first kappa shape index (κ1) is 18.9. The Hall–Kier alpha value is -2.45. The minimum absolute atomic E-state index is 0.288. The zero-order valence-electron chi connectivity index (χ0n) is 15.3. The van der Waals surface area contributed by atoms with Crippen molar-refractivity contribution in [2.75, 3.05) is 13.1 Å². The predicted molar refractivity (Wildman–Crippen MR) is 111 cm³/mol. The Labute approximate surface area is 169 Å². The van der Waals surface area contributed by atoms with Crippen LogP contribution in [0.3, 0.4) is 0 Å². The molecular formula is C20H20N2O4S2. The second-order valence-corrected chi connectivity index (χ2v) is 9.11. The van der Waals surface area contributed by atoms with Gasteiger partial charge in [0.25, 0.3) is 5.91 Å². The van der Waals surface area contributed by atoms with Crippen LogP contribution in [0.2, 0.25) is 0 Å². The zero-order valence-corrected chi connectivity index (χ0v) is 17.0. The normalized spacial score (nSPS) is 18.3. The summed E-state index contributed by atoms with van der Waals surface area (Å²) in [5.41, 5.74) is 5.37. The molecule has 3 aromatic rings. The molecule has 6 nitrogen and oxygen atoms in total. The molecule has 1 aliphatic heterocycles. The Bertz CT molecular complexity index is 1070. The van der Waals surface area contributed by atoms with E-state index in [9.17, 15) is 14.4 Å². The lowest BCUT2D eigenvalue weighted by Crippen LogP contribution is -2.48. The molecule has 1 saturated heterocycles. The number of nitrogens with zero attached hydrogens (tertiary/aromatic N) is 1. The number of carbonyl (C=O) groups excluding carboxylic acids is 3. The van der Waals surface area contributed by atoms with E-state index in [1.54, 1.807) is 23.2 Å². The Morgan fingerprint density at radius 2 is 2.00 bits per heavy atom. The third kappa shape index (κ3) is 3.49. The fourth-order valence-electron chi connectivity index (χ4n) is 3.54. The van der Waals surface area contributed by atoms with Gasteiger partial charge in [-0.15, -0.1) is 22.7 Å². The summed E-state index contributed by atoms with van der Waals surface area (Å²) >= 11 is 3.02. The van der Waals surface area contributed by atoms with E-state index in [0.29, 0.717) is 24.3 Å². The Balaban J connectivity index is 1.46. The van der Waals surface area contributed by atoms with Crippen LogP contribution in [0.1, 0.15) is 29.4 Å². The SMILES string of the molecule is C[C@@H](OC(=O)c1cc2sc3ccccc3c2s1)C(=O)N1CCC[C@H](C(N)=O)C1. The first-order valence-corrected chi connectivity index (χ1v) is 10.8. The summed E-state index contributed by atoms with van der Waals surface area (Å²) < 4.78 is 8.71. The van der Waals surface area contributed by atoms with Crippen molar-refractivity contribution in [3.63, 3.8) is 0 Å². The van der Waals surface area contributed by atoms with Gasteiger partial charge in [0.05, 0.1) is 10.6 Å². The molecule has 0 saturated carbocycles. The standard InChI is InChI=1S/C20H20N2O4S2/c1-11(19(24)22-8-4-5-12(10-22)18(21)23)26-20(25)16-9-15-17(28-16)13-6-2-3-7-14(13)27-15/h2-3,6-7,9,11-12H,4-5,8,10H2,1H3,(H2,21,23)/t11-,12+/m1/s1. The van der Waals surface area contributed by atoms with Gasteiger partial charge < -0.3 is 15.4 Å². The number of rotatable bonds is 4. The fraction of sp³-hybridized carbons (Fsp3) is 0.350. The number of esters is 1. The van der Waals surface area contributed by atoms with Gasteiger partial charge in [0.2, 0.25) is 5.91 Å².